The van der Waals surface area contributed by atoms with Crippen LogP contribution in [-0.4, -0.2) is 41.3 Å². The van der Waals surface area contributed by atoms with Gasteiger partial charge in [0.1, 0.15) is 5.82 Å². The van der Waals surface area contributed by atoms with Crippen LogP contribution in [0.4, 0.5) is 17.2 Å². The summed E-state index contributed by atoms with van der Waals surface area (Å²) in [7, 11) is 0. The lowest BCUT2D eigenvalue weighted by molar-refractivity contribution is -0.114. The van der Waals surface area contributed by atoms with Crippen LogP contribution >= 0.6 is 0 Å². The molecular formula is C18H21N5O3. The molecule has 8 heteroatoms. The third-order valence-corrected chi connectivity index (χ3v) is 3.90. The Balaban J connectivity index is 1.53. The van der Waals surface area contributed by atoms with Crippen molar-refractivity contribution >= 4 is 29.0 Å². The van der Waals surface area contributed by atoms with Crippen LogP contribution < -0.4 is 16.0 Å². The number of hydrogen-bond acceptors (Lipinski definition) is 6. The number of aromatic nitrogens is 2. The van der Waals surface area contributed by atoms with Gasteiger partial charge in [0.05, 0.1) is 6.10 Å². The van der Waals surface area contributed by atoms with E-state index in [0.717, 1.165) is 19.4 Å². The highest BCUT2D eigenvalue weighted by molar-refractivity contribution is 6.03. The minimum absolute atomic E-state index is 0.148. The quantitative estimate of drug-likeness (QED) is 0.734. The molecule has 26 heavy (non-hydrogen) atoms. The molecule has 1 unspecified atom stereocenters. The van der Waals surface area contributed by atoms with Crippen LogP contribution in [0.25, 0.3) is 0 Å². The molecule has 1 saturated heterocycles. The van der Waals surface area contributed by atoms with Crippen molar-refractivity contribution < 1.29 is 14.3 Å². The number of amides is 2. The number of nitrogens with one attached hydrogen (secondary N) is 3. The first kappa shape index (κ1) is 17.8. The summed E-state index contributed by atoms with van der Waals surface area (Å²) in [6, 6.07) is 10.2. The molecule has 0 radical (unpaired) electrons. The largest absolute Gasteiger partial charge is 0.376 e. The normalized spacial score (nSPS) is 16.1. The Morgan fingerprint density at radius 1 is 1.08 bits per heavy atom. The third kappa shape index (κ3) is 5.00. The Morgan fingerprint density at radius 3 is 2.38 bits per heavy atom. The Hall–Kier alpha value is -3.00. The molecule has 1 aliphatic rings. The standard InChI is InChI=1S/C18H21N5O3/c1-12(24)20-13-4-6-14(7-5-13)21-18(25)16-8-9-17(23-22-16)19-11-15-3-2-10-26-15/h4-9,15H,2-3,10-11H2,1H3,(H,19,23)(H,20,24)(H,21,25). The molecular weight excluding hydrogens is 334 g/mol. The van der Waals surface area contributed by atoms with Gasteiger partial charge in [-0.3, -0.25) is 9.59 Å². The molecule has 2 heterocycles. The molecule has 0 saturated carbocycles. The van der Waals surface area contributed by atoms with Gasteiger partial charge in [0.2, 0.25) is 5.91 Å². The van der Waals surface area contributed by atoms with E-state index in [1.165, 1.54) is 6.92 Å². The third-order valence-electron chi connectivity index (χ3n) is 3.90. The van der Waals surface area contributed by atoms with Crippen molar-refractivity contribution in [3.05, 3.63) is 42.1 Å². The predicted molar refractivity (Wildman–Crippen MR) is 98.2 cm³/mol. The van der Waals surface area contributed by atoms with Gasteiger partial charge in [-0.15, -0.1) is 10.2 Å². The van der Waals surface area contributed by atoms with Gasteiger partial charge in [0, 0.05) is 31.5 Å². The van der Waals surface area contributed by atoms with Gasteiger partial charge in [-0.25, -0.2) is 0 Å². The number of rotatable bonds is 6. The highest BCUT2D eigenvalue weighted by Crippen LogP contribution is 2.15. The summed E-state index contributed by atoms with van der Waals surface area (Å²) >= 11 is 0. The number of benzene rings is 1. The van der Waals surface area contributed by atoms with E-state index in [4.69, 9.17) is 4.74 Å². The van der Waals surface area contributed by atoms with Crippen LogP contribution in [0, 0.1) is 0 Å². The van der Waals surface area contributed by atoms with Crippen LogP contribution in [0.2, 0.25) is 0 Å². The summed E-state index contributed by atoms with van der Waals surface area (Å²) in [5.74, 6) is 0.109. The van der Waals surface area contributed by atoms with Gasteiger partial charge < -0.3 is 20.7 Å². The molecule has 136 valence electrons. The fraction of sp³-hybridized carbons (Fsp3) is 0.333. The fourth-order valence-corrected chi connectivity index (χ4v) is 2.61. The molecule has 2 aromatic rings. The number of ether oxygens (including phenoxy) is 1. The van der Waals surface area contributed by atoms with E-state index in [-0.39, 0.29) is 23.6 Å². The molecule has 1 atom stereocenters. The summed E-state index contributed by atoms with van der Waals surface area (Å²) in [5, 5.41) is 16.5. The van der Waals surface area contributed by atoms with Crippen LogP contribution in [0.1, 0.15) is 30.3 Å². The summed E-state index contributed by atoms with van der Waals surface area (Å²) < 4.78 is 5.53. The Bertz CT molecular complexity index is 755. The number of anilines is 3. The molecule has 1 fully saturated rings. The first-order valence-corrected chi connectivity index (χ1v) is 8.48. The van der Waals surface area contributed by atoms with Crippen LogP contribution in [0.3, 0.4) is 0 Å². The molecule has 1 aromatic heterocycles. The van der Waals surface area contributed by atoms with Crippen molar-refractivity contribution in [2.24, 2.45) is 0 Å². The zero-order valence-electron chi connectivity index (χ0n) is 14.5. The second-order valence-electron chi connectivity index (χ2n) is 6.03. The fourth-order valence-electron chi connectivity index (χ4n) is 2.61. The van der Waals surface area contributed by atoms with E-state index in [2.05, 4.69) is 26.1 Å². The van der Waals surface area contributed by atoms with E-state index in [1.54, 1.807) is 36.4 Å². The van der Waals surface area contributed by atoms with E-state index in [0.29, 0.717) is 23.7 Å². The first-order valence-electron chi connectivity index (χ1n) is 8.48. The van der Waals surface area contributed by atoms with E-state index >= 15 is 0 Å². The predicted octanol–water partition coefficient (Wildman–Crippen LogP) is 2.28. The summed E-state index contributed by atoms with van der Waals surface area (Å²) in [6.07, 6.45) is 2.34. The van der Waals surface area contributed by atoms with Crippen molar-refractivity contribution in [3.63, 3.8) is 0 Å². The molecule has 1 aliphatic heterocycles. The number of hydrogen-bond donors (Lipinski definition) is 3. The van der Waals surface area contributed by atoms with E-state index in [1.807, 2.05) is 0 Å². The second-order valence-corrected chi connectivity index (χ2v) is 6.03. The molecule has 0 aliphatic carbocycles. The van der Waals surface area contributed by atoms with Crippen molar-refractivity contribution in [2.45, 2.75) is 25.9 Å². The first-order chi connectivity index (χ1) is 12.6. The lowest BCUT2D eigenvalue weighted by atomic mass is 10.2. The molecule has 8 nitrogen and oxygen atoms in total. The van der Waals surface area contributed by atoms with Crippen LogP contribution in [0.5, 0.6) is 0 Å². The Morgan fingerprint density at radius 2 is 1.81 bits per heavy atom. The average molecular weight is 355 g/mol. The summed E-state index contributed by atoms with van der Waals surface area (Å²) in [5.41, 5.74) is 1.49. The maximum absolute atomic E-state index is 12.2. The van der Waals surface area contributed by atoms with Crippen molar-refractivity contribution in [3.8, 4) is 0 Å². The van der Waals surface area contributed by atoms with Crippen molar-refractivity contribution in [1.29, 1.82) is 0 Å². The number of nitrogens with zero attached hydrogens (tertiary/aromatic N) is 2. The topological polar surface area (TPSA) is 105 Å². The Labute approximate surface area is 151 Å². The second kappa shape index (κ2) is 8.39. The highest BCUT2D eigenvalue weighted by Gasteiger charge is 2.15. The monoisotopic (exact) mass is 355 g/mol. The smallest absolute Gasteiger partial charge is 0.276 e. The van der Waals surface area contributed by atoms with E-state index in [9.17, 15) is 9.59 Å². The summed E-state index contributed by atoms with van der Waals surface area (Å²) in [4.78, 5) is 23.2. The zero-order valence-corrected chi connectivity index (χ0v) is 14.5. The molecule has 3 rings (SSSR count). The number of carbonyl (C=O) groups excluding carboxylic acids is 2. The lowest BCUT2D eigenvalue weighted by Crippen LogP contribution is -2.20. The maximum Gasteiger partial charge on any atom is 0.276 e. The molecule has 0 spiro atoms. The number of carbonyl (C=O) groups is 2. The SMILES string of the molecule is CC(=O)Nc1ccc(NC(=O)c2ccc(NCC3CCCO3)nn2)cc1. The van der Waals surface area contributed by atoms with Gasteiger partial charge in [0.15, 0.2) is 5.69 Å². The van der Waals surface area contributed by atoms with Crippen LogP contribution in [-0.2, 0) is 9.53 Å². The van der Waals surface area contributed by atoms with Gasteiger partial charge in [-0.05, 0) is 49.2 Å². The van der Waals surface area contributed by atoms with Crippen molar-refractivity contribution in [2.75, 3.05) is 29.1 Å². The molecule has 2 amide bonds. The van der Waals surface area contributed by atoms with Gasteiger partial charge in [-0.2, -0.15) is 0 Å². The van der Waals surface area contributed by atoms with Gasteiger partial charge in [0.25, 0.3) is 5.91 Å². The minimum Gasteiger partial charge on any atom is -0.376 e. The molecule has 0 bridgehead atoms. The minimum atomic E-state index is -0.351. The highest BCUT2D eigenvalue weighted by atomic mass is 16.5. The maximum atomic E-state index is 12.2. The average Bonchev–Trinajstić information content (AvgIpc) is 3.15. The molecule has 1 aromatic carbocycles. The van der Waals surface area contributed by atoms with Gasteiger partial charge in [-0.1, -0.05) is 0 Å². The van der Waals surface area contributed by atoms with Crippen molar-refractivity contribution in [1.82, 2.24) is 10.2 Å². The van der Waals surface area contributed by atoms with Crippen LogP contribution in [0.15, 0.2) is 36.4 Å². The summed E-state index contributed by atoms with van der Waals surface area (Å²) in [6.45, 7) is 2.93. The van der Waals surface area contributed by atoms with E-state index < -0.39 is 0 Å². The molecule has 3 N–H and O–H groups in total. The van der Waals surface area contributed by atoms with Gasteiger partial charge >= 0.3 is 0 Å². The Kier molecular flexibility index (Phi) is 5.75. The lowest BCUT2D eigenvalue weighted by Gasteiger charge is -2.11. The zero-order chi connectivity index (χ0) is 18.4.